The van der Waals surface area contributed by atoms with E-state index in [9.17, 15) is 9.59 Å². The number of hydrogen-bond donors (Lipinski definition) is 2. The molecule has 0 heterocycles. The van der Waals surface area contributed by atoms with Crippen molar-refractivity contribution < 1.29 is 9.59 Å². The minimum absolute atomic E-state index is 0.0414. The van der Waals surface area contributed by atoms with Crippen LogP contribution < -0.4 is 11.5 Å². The van der Waals surface area contributed by atoms with Gasteiger partial charge in [-0.05, 0) is 12.8 Å². The maximum atomic E-state index is 12.2. The number of ketones is 2. The van der Waals surface area contributed by atoms with E-state index in [1.807, 2.05) is 36.4 Å². The van der Waals surface area contributed by atoms with Gasteiger partial charge in [0.1, 0.15) is 0 Å². The van der Waals surface area contributed by atoms with Gasteiger partial charge in [-0.3, -0.25) is 9.59 Å². The Hall–Kier alpha value is -2.30. The Kier molecular flexibility index (Phi) is 6.85. The molecule has 0 amide bonds. The standard InChI is InChI=1S/C20H24N2O2/c21-17(19(23)15-9-3-1-4-10-15)13-7-8-14-18(22)20(24)16-11-5-2-6-12-16/h1-6,9-12,17-18H,7-8,13-14,21-22H2. The summed E-state index contributed by atoms with van der Waals surface area (Å²) in [5, 5.41) is 0. The summed E-state index contributed by atoms with van der Waals surface area (Å²) >= 11 is 0. The van der Waals surface area contributed by atoms with Gasteiger partial charge in [0.05, 0.1) is 12.1 Å². The Morgan fingerprint density at radius 2 is 1.00 bits per heavy atom. The van der Waals surface area contributed by atoms with Crippen molar-refractivity contribution in [3.63, 3.8) is 0 Å². The number of nitrogens with two attached hydrogens (primary N) is 2. The normalized spacial score (nSPS) is 13.2. The Morgan fingerprint density at radius 1 is 0.667 bits per heavy atom. The molecule has 0 radical (unpaired) electrons. The van der Waals surface area contributed by atoms with Gasteiger partial charge in [-0.15, -0.1) is 0 Å². The van der Waals surface area contributed by atoms with Gasteiger partial charge in [0.25, 0.3) is 0 Å². The third-order valence-electron chi connectivity index (χ3n) is 4.07. The molecule has 24 heavy (non-hydrogen) atoms. The summed E-state index contributed by atoms with van der Waals surface area (Å²) in [5.41, 5.74) is 13.2. The van der Waals surface area contributed by atoms with E-state index >= 15 is 0 Å². The molecule has 126 valence electrons. The minimum Gasteiger partial charge on any atom is -0.321 e. The van der Waals surface area contributed by atoms with Crippen molar-refractivity contribution in [3.05, 3.63) is 71.8 Å². The first kappa shape index (κ1) is 18.0. The second-order valence-corrected chi connectivity index (χ2v) is 5.96. The van der Waals surface area contributed by atoms with Gasteiger partial charge >= 0.3 is 0 Å². The van der Waals surface area contributed by atoms with Crippen LogP contribution in [0.4, 0.5) is 0 Å². The number of carbonyl (C=O) groups excluding carboxylic acids is 2. The lowest BCUT2D eigenvalue weighted by molar-refractivity contribution is 0.0942. The Labute approximate surface area is 142 Å². The highest BCUT2D eigenvalue weighted by Crippen LogP contribution is 2.11. The first-order valence-corrected chi connectivity index (χ1v) is 8.29. The summed E-state index contributed by atoms with van der Waals surface area (Å²) in [4.78, 5) is 24.3. The van der Waals surface area contributed by atoms with Crippen molar-refractivity contribution in [2.45, 2.75) is 37.8 Å². The van der Waals surface area contributed by atoms with Crippen LogP contribution in [0, 0.1) is 0 Å². The molecule has 2 atom stereocenters. The van der Waals surface area contributed by atoms with E-state index in [1.54, 1.807) is 24.3 Å². The van der Waals surface area contributed by atoms with Crippen molar-refractivity contribution in [2.24, 2.45) is 11.5 Å². The predicted octanol–water partition coefficient (Wildman–Crippen LogP) is 2.97. The van der Waals surface area contributed by atoms with Gasteiger partial charge in [0.2, 0.25) is 0 Å². The fourth-order valence-electron chi connectivity index (χ4n) is 2.62. The molecule has 0 saturated carbocycles. The first-order chi connectivity index (χ1) is 11.6. The van der Waals surface area contributed by atoms with Gasteiger partial charge in [-0.1, -0.05) is 73.5 Å². The van der Waals surface area contributed by atoms with Gasteiger partial charge < -0.3 is 11.5 Å². The highest BCUT2D eigenvalue weighted by molar-refractivity contribution is 6.00. The zero-order valence-corrected chi connectivity index (χ0v) is 13.7. The monoisotopic (exact) mass is 324 g/mol. The highest BCUT2D eigenvalue weighted by atomic mass is 16.1. The Balaban J connectivity index is 1.72. The molecule has 4 heteroatoms. The highest BCUT2D eigenvalue weighted by Gasteiger charge is 2.17. The predicted molar refractivity (Wildman–Crippen MR) is 96.0 cm³/mol. The molecule has 0 bridgehead atoms. The van der Waals surface area contributed by atoms with Crippen LogP contribution in [0.5, 0.6) is 0 Å². The lowest BCUT2D eigenvalue weighted by Crippen LogP contribution is -2.32. The third-order valence-corrected chi connectivity index (χ3v) is 4.07. The number of carbonyl (C=O) groups is 2. The molecule has 2 aromatic rings. The summed E-state index contributed by atoms with van der Waals surface area (Å²) in [6, 6.07) is 17.1. The Bertz CT molecular complexity index is 596. The fourth-order valence-corrected chi connectivity index (χ4v) is 2.62. The quantitative estimate of drug-likeness (QED) is 0.548. The molecule has 2 aromatic carbocycles. The van der Waals surface area contributed by atoms with E-state index in [-0.39, 0.29) is 11.6 Å². The van der Waals surface area contributed by atoms with Gasteiger partial charge in [-0.25, -0.2) is 0 Å². The lowest BCUT2D eigenvalue weighted by atomic mass is 9.96. The minimum atomic E-state index is -0.506. The van der Waals surface area contributed by atoms with E-state index in [4.69, 9.17) is 11.5 Å². The fraction of sp³-hybridized carbons (Fsp3) is 0.300. The lowest BCUT2D eigenvalue weighted by Gasteiger charge is -2.13. The number of hydrogen-bond acceptors (Lipinski definition) is 4. The average molecular weight is 324 g/mol. The average Bonchev–Trinajstić information content (AvgIpc) is 2.65. The largest absolute Gasteiger partial charge is 0.321 e. The van der Waals surface area contributed by atoms with Crippen molar-refractivity contribution in [1.29, 1.82) is 0 Å². The molecule has 0 fully saturated rings. The topological polar surface area (TPSA) is 86.2 Å². The van der Waals surface area contributed by atoms with Crippen LogP contribution in [-0.2, 0) is 0 Å². The maximum absolute atomic E-state index is 12.2. The molecule has 2 unspecified atom stereocenters. The van der Waals surface area contributed by atoms with Crippen LogP contribution in [0.15, 0.2) is 60.7 Å². The second kappa shape index (κ2) is 9.11. The van der Waals surface area contributed by atoms with Crippen LogP contribution >= 0.6 is 0 Å². The number of Topliss-reactive ketones (excluding diaryl/α,β-unsaturated/α-hetero) is 2. The molecule has 0 spiro atoms. The van der Waals surface area contributed by atoms with Crippen LogP contribution in [0.2, 0.25) is 0 Å². The van der Waals surface area contributed by atoms with E-state index in [1.165, 1.54) is 0 Å². The molecule has 0 aliphatic rings. The van der Waals surface area contributed by atoms with E-state index in [2.05, 4.69) is 0 Å². The smallest absolute Gasteiger partial charge is 0.179 e. The molecule has 0 aliphatic heterocycles. The van der Waals surface area contributed by atoms with Crippen molar-refractivity contribution in [1.82, 2.24) is 0 Å². The Morgan fingerprint density at radius 3 is 1.33 bits per heavy atom. The van der Waals surface area contributed by atoms with Crippen LogP contribution in [-0.4, -0.2) is 23.7 Å². The number of benzene rings is 2. The molecule has 4 nitrogen and oxygen atoms in total. The summed E-state index contributed by atoms with van der Waals surface area (Å²) < 4.78 is 0. The number of unbranched alkanes of at least 4 members (excludes halogenated alkanes) is 1. The van der Waals surface area contributed by atoms with Gasteiger partial charge in [0, 0.05) is 11.1 Å². The second-order valence-electron chi connectivity index (χ2n) is 5.96. The third kappa shape index (κ3) is 5.11. The number of rotatable bonds is 9. The van der Waals surface area contributed by atoms with Gasteiger partial charge in [-0.2, -0.15) is 0 Å². The molecule has 0 aromatic heterocycles. The maximum Gasteiger partial charge on any atom is 0.179 e. The van der Waals surface area contributed by atoms with Crippen LogP contribution in [0.25, 0.3) is 0 Å². The summed E-state index contributed by atoms with van der Waals surface area (Å²) in [6.07, 6.45) is 2.74. The van der Waals surface area contributed by atoms with E-state index in [0.717, 1.165) is 12.8 Å². The zero-order valence-electron chi connectivity index (χ0n) is 13.7. The van der Waals surface area contributed by atoms with Gasteiger partial charge in [0.15, 0.2) is 11.6 Å². The van der Waals surface area contributed by atoms with Crippen LogP contribution in [0.1, 0.15) is 46.4 Å². The molecule has 4 N–H and O–H groups in total. The van der Waals surface area contributed by atoms with E-state index < -0.39 is 12.1 Å². The summed E-state index contributed by atoms with van der Waals surface area (Å²) in [6.45, 7) is 0. The van der Waals surface area contributed by atoms with E-state index in [0.29, 0.717) is 24.0 Å². The molecule has 0 aliphatic carbocycles. The van der Waals surface area contributed by atoms with Crippen molar-refractivity contribution in [3.8, 4) is 0 Å². The van der Waals surface area contributed by atoms with Crippen molar-refractivity contribution >= 4 is 11.6 Å². The SMILES string of the molecule is NC(CCCCC(N)C(=O)c1ccccc1)C(=O)c1ccccc1. The van der Waals surface area contributed by atoms with Crippen molar-refractivity contribution in [2.75, 3.05) is 0 Å². The molecular formula is C20H24N2O2. The zero-order chi connectivity index (χ0) is 17.4. The summed E-state index contributed by atoms with van der Waals surface area (Å²) in [7, 11) is 0. The first-order valence-electron chi connectivity index (χ1n) is 8.29. The van der Waals surface area contributed by atoms with Crippen LogP contribution in [0.3, 0.4) is 0 Å². The molecule has 0 saturated heterocycles. The summed E-state index contributed by atoms with van der Waals surface area (Å²) in [5.74, 6) is -0.0829. The molecular weight excluding hydrogens is 300 g/mol. The molecule has 2 rings (SSSR count).